The number of urea groups is 1. The Morgan fingerprint density at radius 2 is 2.25 bits per heavy atom. The van der Waals surface area contributed by atoms with Crippen molar-refractivity contribution in [1.82, 2.24) is 15.1 Å². The number of likely N-dealkylation sites (tertiary alicyclic amines) is 1. The van der Waals surface area contributed by atoms with Crippen LogP contribution in [0.2, 0.25) is 0 Å². The first-order valence-electron chi connectivity index (χ1n) is 5.47. The monoisotopic (exact) mass is 229 g/mol. The number of likely N-dealkylation sites (N-methyl/N-ethyl adjacent to an activating group) is 2. The van der Waals surface area contributed by atoms with Crippen molar-refractivity contribution in [3.8, 4) is 0 Å². The molecule has 0 saturated carbocycles. The molecule has 1 fully saturated rings. The summed E-state index contributed by atoms with van der Waals surface area (Å²) in [5.74, 6) is -0.909. The van der Waals surface area contributed by atoms with Crippen LogP contribution < -0.4 is 5.32 Å². The van der Waals surface area contributed by atoms with Gasteiger partial charge in [-0.05, 0) is 19.9 Å². The van der Waals surface area contributed by atoms with Gasteiger partial charge in [0.15, 0.2) is 0 Å². The molecule has 0 aromatic rings. The molecule has 2 N–H and O–H groups in total. The lowest BCUT2D eigenvalue weighted by atomic mass is 10.2. The number of aliphatic carboxylic acids is 1. The number of rotatable bonds is 4. The van der Waals surface area contributed by atoms with Crippen molar-refractivity contribution < 1.29 is 14.7 Å². The van der Waals surface area contributed by atoms with Crippen LogP contribution in [0.25, 0.3) is 0 Å². The Bertz CT molecular complexity index is 270. The van der Waals surface area contributed by atoms with Gasteiger partial charge in [0.2, 0.25) is 0 Å². The van der Waals surface area contributed by atoms with Gasteiger partial charge < -0.3 is 20.2 Å². The van der Waals surface area contributed by atoms with Crippen LogP contribution in [0.15, 0.2) is 0 Å². The summed E-state index contributed by atoms with van der Waals surface area (Å²) in [5.41, 5.74) is 0. The van der Waals surface area contributed by atoms with Gasteiger partial charge >= 0.3 is 12.0 Å². The van der Waals surface area contributed by atoms with E-state index < -0.39 is 12.0 Å². The quantitative estimate of drug-likeness (QED) is 0.700. The molecule has 16 heavy (non-hydrogen) atoms. The lowest BCUT2D eigenvalue weighted by Crippen LogP contribution is -2.47. The minimum absolute atomic E-state index is 0.194. The zero-order valence-corrected chi connectivity index (χ0v) is 9.77. The van der Waals surface area contributed by atoms with Crippen molar-refractivity contribution in [2.75, 3.05) is 33.7 Å². The molecular formula is C10H19N3O3. The van der Waals surface area contributed by atoms with E-state index in [-0.39, 0.29) is 6.03 Å². The van der Waals surface area contributed by atoms with Crippen molar-refractivity contribution in [3.63, 3.8) is 0 Å². The molecule has 1 aliphatic rings. The highest BCUT2D eigenvalue weighted by atomic mass is 16.4. The fourth-order valence-corrected chi connectivity index (χ4v) is 1.85. The highest BCUT2D eigenvalue weighted by Crippen LogP contribution is 2.18. The molecule has 6 nitrogen and oxygen atoms in total. The molecule has 1 atom stereocenters. The predicted octanol–water partition coefficient (Wildman–Crippen LogP) is -0.193. The van der Waals surface area contributed by atoms with E-state index in [0.717, 1.165) is 6.42 Å². The summed E-state index contributed by atoms with van der Waals surface area (Å²) in [7, 11) is 3.51. The number of carboxylic acid groups (broad SMARTS) is 1. The van der Waals surface area contributed by atoms with Gasteiger partial charge in [-0.1, -0.05) is 0 Å². The first kappa shape index (κ1) is 12.8. The summed E-state index contributed by atoms with van der Waals surface area (Å²) in [6.45, 7) is 1.83. The minimum Gasteiger partial charge on any atom is -0.480 e. The number of carboxylic acids is 1. The fraction of sp³-hybridized carbons (Fsp3) is 0.800. The summed E-state index contributed by atoms with van der Waals surface area (Å²) in [6, 6.07) is -0.843. The lowest BCUT2D eigenvalue weighted by molar-refractivity contribution is -0.141. The zero-order chi connectivity index (χ0) is 12.1. The van der Waals surface area contributed by atoms with Crippen molar-refractivity contribution >= 4 is 12.0 Å². The predicted molar refractivity (Wildman–Crippen MR) is 59.3 cm³/mol. The molecule has 0 aromatic carbocycles. The van der Waals surface area contributed by atoms with E-state index in [0.29, 0.717) is 26.1 Å². The fourth-order valence-electron chi connectivity index (χ4n) is 1.85. The molecule has 1 rings (SSSR count). The van der Waals surface area contributed by atoms with Crippen molar-refractivity contribution in [2.24, 2.45) is 0 Å². The highest BCUT2D eigenvalue weighted by molar-refractivity contribution is 5.83. The van der Waals surface area contributed by atoms with Crippen molar-refractivity contribution in [2.45, 2.75) is 18.9 Å². The SMILES string of the molecule is CNCCN(C)C(=O)N1CCCC1C(=O)O. The second-order valence-electron chi connectivity index (χ2n) is 4.00. The Kier molecular flexibility index (Phi) is 4.54. The number of hydrogen-bond donors (Lipinski definition) is 2. The third-order valence-corrected chi connectivity index (χ3v) is 2.81. The molecule has 0 spiro atoms. The summed E-state index contributed by atoms with van der Waals surface area (Å²) < 4.78 is 0. The van der Waals surface area contributed by atoms with Crippen LogP contribution in [0.3, 0.4) is 0 Å². The van der Waals surface area contributed by atoms with E-state index in [2.05, 4.69) is 5.32 Å². The Balaban J connectivity index is 2.55. The average molecular weight is 229 g/mol. The summed E-state index contributed by atoms with van der Waals surface area (Å²) in [6.07, 6.45) is 1.32. The number of nitrogens with zero attached hydrogens (tertiary/aromatic N) is 2. The second-order valence-corrected chi connectivity index (χ2v) is 4.00. The van der Waals surface area contributed by atoms with Crippen LogP contribution in [-0.4, -0.2) is 66.7 Å². The van der Waals surface area contributed by atoms with Crippen LogP contribution in [0.1, 0.15) is 12.8 Å². The zero-order valence-electron chi connectivity index (χ0n) is 9.77. The molecule has 1 unspecified atom stereocenters. The lowest BCUT2D eigenvalue weighted by Gasteiger charge is -2.27. The summed E-state index contributed by atoms with van der Waals surface area (Å²) in [4.78, 5) is 25.9. The largest absolute Gasteiger partial charge is 0.480 e. The molecule has 0 aliphatic carbocycles. The van der Waals surface area contributed by atoms with Gasteiger partial charge in [-0.15, -0.1) is 0 Å². The van der Waals surface area contributed by atoms with Crippen molar-refractivity contribution in [3.05, 3.63) is 0 Å². The van der Waals surface area contributed by atoms with E-state index in [1.807, 2.05) is 7.05 Å². The van der Waals surface area contributed by atoms with Crippen molar-refractivity contribution in [1.29, 1.82) is 0 Å². The van der Waals surface area contributed by atoms with E-state index in [4.69, 9.17) is 5.11 Å². The topological polar surface area (TPSA) is 72.9 Å². The van der Waals surface area contributed by atoms with Crippen LogP contribution in [0.5, 0.6) is 0 Å². The normalized spacial score (nSPS) is 19.9. The maximum atomic E-state index is 11.9. The van der Waals surface area contributed by atoms with Crippen LogP contribution in [0.4, 0.5) is 4.79 Å². The van der Waals surface area contributed by atoms with E-state index in [1.54, 1.807) is 11.9 Å². The minimum atomic E-state index is -0.909. The van der Waals surface area contributed by atoms with Crippen LogP contribution >= 0.6 is 0 Å². The molecule has 1 heterocycles. The Labute approximate surface area is 95.2 Å². The number of amides is 2. The molecule has 1 saturated heterocycles. The van der Waals surface area contributed by atoms with Gasteiger partial charge in [0.1, 0.15) is 6.04 Å². The van der Waals surface area contributed by atoms with Gasteiger partial charge in [0, 0.05) is 26.7 Å². The van der Waals surface area contributed by atoms with Gasteiger partial charge in [-0.25, -0.2) is 9.59 Å². The number of carbonyl (C=O) groups excluding carboxylic acids is 1. The van der Waals surface area contributed by atoms with Gasteiger partial charge in [-0.2, -0.15) is 0 Å². The van der Waals surface area contributed by atoms with Crippen LogP contribution in [0, 0.1) is 0 Å². The van der Waals surface area contributed by atoms with Gasteiger partial charge in [0.25, 0.3) is 0 Å². The maximum Gasteiger partial charge on any atom is 0.326 e. The first-order valence-corrected chi connectivity index (χ1v) is 5.47. The average Bonchev–Trinajstić information content (AvgIpc) is 2.73. The second kappa shape index (κ2) is 5.69. The third kappa shape index (κ3) is 2.85. The molecule has 1 aliphatic heterocycles. The molecular weight excluding hydrogens is 210 g/mol. The van der Waals surface area contributed by atoms with E-state index in [9.17, 15) is 9.59 Å². The first-order chi connectivity index (χ1) is 7.57. The Hall–Kier alpha value is -1.30. The molecule has 0 radical (unpaired) electrons. The molecule has 92 valence electrons. The number of hydrogen-bond acceptors (Lipinski definition) is 3. The van der Waals surface area contributed by atoms with Gasteiger partial charge in [0.05, 0.1) is 0 Å². The summed E-state index contributed by atoms with van der Waals surface area (Å²) in [5, 5.41) is 11.9. The standard InChI is InChI=1S/C10H19N3O3/c1-11-5-7-12(2)10(16)13-6-3-4-8(13)9(14)15/h8,11H,3-7H2,1-2H3,(H,14,15). The smallest absolute Gasteiger partial charge is 0.326 e. The summed E-state index contributed by atoms with van der Waals surface area (Å²) >= 11 is 0. The van der Waals surface area contributed by atoms with Crippen LogP contribution in [-0.2, 0) is 4.79 Å². The highest BCUT2D eigenvalue weighted by Gasteiger charge is 2.35. The molecule has 0 bridgehead atoms. The molecule has 0 aromatic heterocycles. The van der Waals surface area contributed by atoms with Gasteiger partial charge in [-0.3, -0.25) is 0 Å². The Morgan fingerprint density at radius 1 is 1.56 bits per heavy atom. The number of carbonyl (C=O) groups is 2. The Morgan fingerprint density at radius 3 is 2.81 bits per heavy atom. The third-order valence-electron chi connectivity index (χ3n) is 2.81. The van der Waals surface area contributed by atoms with E-state index >= 15 is 0 Å². The molecule has 2 amide bonds. The molecule has 6 heteroatoms. The van der Waals surface area contributed by atoms with E-state index in [1.165, 1.54) is 4.90 Å². The maximum absolute atomic E-state index is 11.9. The number of nitrogens with one attached hydrogen (secondary N) is 1.